The molecule has 2 aromatic carbocycles. The van der Waals surface area contributed by atoms with Crippen molar-refractivity contribution in [1.82, 2.24) is 15.5 Å². The number of ether oxygens (including phenoxy) is 1. The number of hydrogen-bond donors (Lipinski definition) is 2. The first kappa shape index (κ1) is 22.7. The van der Waals surface area contributed by atoms with Gasteiger partial charge in [0, 0.05) is 10.6 Å². The molecule has 1 aromatic heterocycles. The van der Waals surface area contributed by atoms with Crippen LogP contribution in [-0.4, -0.2) is 34.7 Å². The Balaban J connectivity index is 1.60. The van der Waals surface area contributed by atoms with Crippen molar-refractivity contribution in [3.05, 3.63) is 59.6 Å². The molecule has 0 saturated carbocycles. The fraction of sp³-hybridized carbons (Fsp3) is 0.273. The van der Waals surface area contributed by atoms with E-state index in [1.54, 1.807) is 24.3 Å². The van der Waals surface area contributed by atoms with Crippen molar-refractivity contribution in [1.29, 1.82) is 0 Å². The van der Waals surface area contributed by atoms with Crippen LogP contribution in [0, 0.1) is 5.92 Å². The van der Waals surface area contributed by atoms with Crippen molar-refractivity contribution in [2.75, 3.05) is 11.9 Å². The quantitative estimate of drug-likeness (QED) is 0.495. The predicted molar refractivity (Wildman–Crippen MR) is 122 cm³/mol. The number of hydrogen-bond acceptors (Lipinski definition) is 6. The molecule has 0 bridgehead atoms. The normalized spacial score (nSPS) is 12.6. The van der Waals surface area contributed by atoms with Gasteiger partial charge in [-0.3, -0.25) is 14.9 Å². The third kappa shape index (κ3) is 6.50. The van der Waals surface area contributed by atoms with E-state index in [9.17, 15) is 9.59 Å². The average molecular weight is 459 g/mol. The third-order valence-electron chi connectivity index (χ3n) is 4.67. The standard InChI is InChI=1S/C22H23ClN4O3S/c1-3-14(2)19(24-18(28)13-30-17-11-9-16(23)10-12-17)20(29)25-22-27-26-21(31-22)15-7-5-4-6-8-15/h4-12,14,19H,3,13H2,1-2H3,(H,24,28)(H,25,27,29). The largest absolute Gasteiger partial charge is 0.484 e. The summed E-state index contributed by atoms with van der Waals surface area (Å²) in [7, 11) is 0. The summed E-state index contributed by atoms with van der Waals surface area (Å²) in [5.74, 6) is -0.296. The lowest BCUT2D eigenvalue weighted by molar-refractivity contribution is -0.128. The van der Waals surface area contributed by atoms with Gasteiger partial charge in [-0.2, -0.15) is 0 Å². The zero-order valence-corrected chi connectivity index (χ0v) is 18.7. The second-order valence-corrected chi connectivity index (χ2v) is 8.35. The first-order chi connectivity index (χ1) is 15.0. The highest BCUT2D eigenvalue weighted by atomic mass is 35.5. The van der Waals surface area contributed by atoms with E-state index in [1.165, 1.54) is 11.3 Å². The van der Waals surface area contributed by atoms with Gasteiger partial charge in [-0.05, 0) is 30.2 Å². The molecular weight excluding hydrogens is 436 g/mol. The lowest BCUT2D eigenvalue weighted by Crippen LogP contribution is -2.49. The Morgan fingerprint density at radius 2 is 1.81 bits per heavy atom. The molecule has 0 aliphatic carbocycles. The number of rotatable bonds is 9. The Morgan fingerprint density at radius 1 is 1.10 bits per heavy atom. The molecule has 0 aliphatic heterocycles. The number of nitrogens with one attached hydrogen (secondary N) is 2. The molecule has 0 aliphatic rings. The highest BCUT2D eigenvalue weighted by molar-refractivity contribution is 7.18. The number of nitrogens with zero attached hydrogens (tertiary/aromatic N) is 2. The van der Waals surface area contributed by atoms with Crippen LogP contribution in [0.2, 0.25) is 5.02 Å². The van der Waals surface area contributed by atoms with Gasteiger partial charge in [-0.25, -0.2) is 0 Å². The fourth-order valence-electron chi connectivity index (χ4n) is 2.75. The van der Waals surface area contributed by atoms with Crippen molar-refractivity contribution in [3.63, 3.8) is 0 Å². The van der Waals surface area contributed by atoms with Crippen LogP contribution in [-0.2, 0) is 9.59 Å². The van der Waals surface area contributed by atoms with E-state index in [0.717, 1.165) is 5.56 Å². The minimum atomic E-state index is -0.726. The summed E-state index contributed by atoms with van der Waals surface area (Å²) in [5, 5.41) is 15.4. The van der Waals surface area contributed by atoms with Crippen molar-refractivity contribution in [3.8, 4) is 16.3 Å². The van der Waals surface area contributed by atoms with Crippen LogP contribution in [0.5, 0.6) is 5.75 Å². The SMILES string of the molecule is CCC(C)C(NC(=O)COc1ccc(Cl)cc1)C(=O)Nc1nnc(-c2ccccc2)s1. The van der Waals surface area contributed by atoms with Crippen LogP contribution in [0.3, 0.4) is 0 Å². The Labute approximate surface area is 189 Å². The molecule has 3 aromatic rings. The first-order valence-corrected chi connectivity index (χ1v) is 11.0. The van der Waals surface area contributed by atoms with Gasteiger partial charge >= 0.3 is 0 Å². The molecule has 2 atom stereocenters. The molecule has 162 valence electrons. The lowest BCUT2D eigenvalue weighted by atomic mass is 9.98. The maximum absolute atomic E-state index is 12.9. The molecule has 31 heavy (non-hydrogen) atoms. The summed E-state index contributed by atoms with van der Waals surface area (Å²) >= 11 is 7.12. The summed E-state index contributed by atoms with van der Waals surface area (Å²) in [6.07, 6.45) is 0.710. The van der Waals surface area contributed by atoms with Crippen molar-refractivity contribution >= 4 is 39.9 Å². The van der Waals surface area contributed by atoms with Crippen molar-refractivity contribution in [2.24, 2.45) is 5.92 Å². The molecule has 9 heteroatoms. The van der Waals surface area contributed by atoms with Gasteiger partial charge in [-0.1, -0.05) is 73.5 Å². The van der Waals surface area contributed by atoms with E-state index in [4.69, 9.17) is 16.3 Å². The van der Waals surface area contributed by atoms with Gasteiger partial charge in [-0.15, -0.1) is 10.2 Å². The zero-order valence-electron chi connectivity index (χ0n) is 17.2. The van der Waals surface area contributed by atoms with Crippen LogP contribution < -0.4 is 15.4 Å². The Hall–Kier alpha value is -2.97. The number of carbonyl (C=O) groups is 2. The van der Waals surface area contributed by atoms with Gasteiger partial charge in [0.2, 0.25) is 11.0 Å². The van der Waals surface area contributed by atoms with Gasteiger partial charge in [0.05, 0.1) is 0 Å². The number of benzene rings is 2. The average Bonchev–Trinajstić information content (AvgIpc) is 3.25. The highest BCUT2D eigenvalue weighted by Gasteiger charge is 2.27. The molecule has 2 N–H and O–H groups in total. The Bertz CT molecular complexity index is 1010. The summed E-state index contributed by atoms with van der Waals surface area (Å²) < 4.78 is 5.46. The highest BCUT2D eigenvalue weighted by Crippen LogP contribution is 2.26. The van der Waals surface area contributed by atoms with E-state index in [-0.39, 0.29) is 18.4 Å². The third-order valence-corrected chi connectivity index (χ3v) is 5.81. The molecule has 7 nitrogen and oxygen atoms in total. The summed E-state index contributed by atoms with van der Waals surface area (Å²) in [6, 6.07) is 15.6. The molecule has 0 fully saturated rings. The van der Waals surface area contributed by atoms with Gasteiger partial charge in [0.25, 0.3) is 5.91 Å². The molecule has 3 rings (SSSR count). The van der Waals surface area contributed by atoms with Crippen LogP contribution in [0.1, 0.15) is 20.3 Å². The van der Waals surface area contributed by atoms with Crippen molar-refractivity contribution < 1.29 is 14.3 Å². The minimum Gasteiger partial charge on any atom is -0.484 e. The molecule has 0 spiro atoms. The summed E-state index contributed by atoms with van der Waals surface area (Å²) in [6.45, 7) is 3.65. The second kappa shape index (κ2) is 10.9. The number of aromatic nitrogens is 2. The van der Waals surface area contributed by atoms with Gasteiger partial charge in [0.15, 0.2) is 6.61 Å². The monoisotopic (exact) mass is 458 g/mol. The number of amides is 2. The van der Waals surface area contributed by atoms with Crippen LogP contribution in [0.4, 0.5) is 5.13 Å². The minimum absolute atomic E-state index is 0.0824. The molecule has 0 saturated heterocycles. The smallest absolute Gasteiger partial charge is 0.258 e. The van der Waals surface area contributed by atoms with E-state index >= 15 is 0 Å². The lowest BCUT2D eigenvalue weighted by Gasteiger charge is -2.23. The number of halogens is 1. The molecule has 0 radical (unpaired) electrons. The van der Waals surface area contributed by atoms with Crippen LogP contribution in [0.25, 0.3) is 10.6 Å². The number of carbonyl (C=O) groups excluding carboxylic acids is 2. The predicted octanol–water partition coefficient (Wildman–Crippen LogP) is 4.41. The van der Waals surface area contributed by atoms with E-state index in [2.05, 4.69) is 20.8 Å². The van der Waals surface area contributed by atoms with Crippen LogP contribution in [0.15, 0.2) is 54.6 Å². The maximum Gasteiger partial charge on any atom is 0.258 e. The number of anilines is 1. The fourth-order valence-corrected chi connectivity index (χ4v) is 3.63. The maximum atomic E-state index is 12.9. The Morgan fingerprint density at radius 3 is 2.48 bits per heavy atom. The summed E-state index contributed by atoms with van der Waals surface area (Å²) in [5.41, 5.74) is 0.923. The Kier molecular flexibility index (Phi) is 7.97. The molecule has 2 unspecified atom stereocenters. The molecule has 2 amide bonds. The van der Waals surface area contributed by atoms with Crippen LogP contribution >= 0.6 is 22.9 Å². The van der Waals surface area contributed by atoms with Crippen molar-refractivity contribution in [2.45, 2.75) is 26.3 Å². The topological polar surface area (TPSA) is 93.2 Å². The van der Waals surface area contributed by atoms with E-state index < -0.39 is 11.9 Å². The molecule has 1 heterocycles. The summed E-state index contributed by atoms with van der Waals surface area (Å²) in [4.78, 5) is 25.3. The van der Waals surface area contributed by atoms with Gasteiger partial charge in [0.1, 0.15) is 16.8 Å². The first-order valence-electron chi connectivity index (χ1n) is 9.83. The van der Waals surface area contributed by atoms with Gasteiger partial charge < -0.3 is 10.1 Å². The molecular formula is C22H23ClN4O3S. The second-order valence-electron chi connectivity index (χ2n) is 6.94. The van der Waals surface area contributed by atoms with E-state index in [0.29, 0.717) is 27.3 Å². The zero-order chi connectivity index (χ0) is 22.2. The van der Waals surface area contributed by atoms with E-state index in [1.807, 2.05) is 44.2 Å².